The molecule has 0 radical (unpaired) electrons. The molecule has 3 heteroatoms. The number of nitrogens with zero attached hydrogens (tertiary/aromatic N) is 1. The number of hydrogen-bond donors (Lipinski definition) is 0. The molecular formula is C20H23NO2. The van der Waals surface area contributed by atoms with Crippen molar-refractivity contribution in [2.75, 3.05) is 7.11 Å². The first-order valence-corrected chi connectivity index (χ1v) is 7.62. The monoisotopic (exact) mass is 309 g/mol. The molecule has 0 N–H and O–H groups in total. The molecule has 0 aliphatic rings. The van der Waals surface area contributed by atoms with Gasteiger partial charge in [-0.05, 0) is 35.4 Å². The SMILES string of the molecule is COc1ccc(/C=C/c2ccc(/C=[N+](\[O-])C(C)(C)C)cc2)cc1. The van der Waals surface area contributed by atoms with E-state index in [4.69, 9.17) is 4.74 Å². The van der Waals surface area contributed by atoms with E-state index in [1.165, 1.54) is 0 Å². The summed E-state index contributed by atoms with van der Waals surface area (Å²) >= 11 is 0. The van der Waals surface area contributed by atoms with Gasteiger partial charge in [-0.1, -0.05) is 36.4 Å². The molecule has 0 amide bonds. The normalized spacial score (nSPS) is 12.6. The van der Waals surface area contributed by atoms with Crippen LogP contribution in [0.2, 0.25) is 0 Å². The fourth-order valence-corrected chi connectivity index (χ4v) is 1.93. The standard InChI is InChI=1S/C20H23NO2/c1-20(2,3)21(22)15-18-9-7-16(8-10-18)5-6-17-11-13-19(23-4)14-12-17/h5-15H,1-4H3/b6-5+,21-15-. The Morgan fingerprint density at radius 3 is 1.70 bits per heavy atom. The number of methoxy groups -OCH3 is 1. The molecule has 0 heterocycles. The van der Waals surface area contributed by atoms with E-state index in [2.05, 4.69) is 0 Å². The molecule has 0 aromatic heterocycles. The fraction of sp³-hybridized carbons (Fsp3) is 0.250. The Morgan fingerprint density at radius 1 is 0.826 bits per heavy atom. The molecular weight excluding hydrogens is 286 g/mol. The molecule has 0 aliphatic carbocycles. The van der Waals surface area contributed by atoms with Crippen molar-refractivity contribution >= 4 is 18.4 Å². The van der Waals surface area contributed by atoms with Crippen molar-refractivity contribution in [3.63, 3.8) is 0 Å². The van der Waals surface area contributed by atoms with Crippen molar-refractivity contribution in [3.8, 4) is 5.75 Å². The Kier molecular flexibility index (Phi) is 5.22. The Morgan fingerprint density at radius 2 is 1.26 bits per heavy atom. The van der Waals surface area contributed by atoms with Gasteiger partial charge < -0.3 is 9.94 Å². The smallest absolute Gasteiger partial charge is 0.182 e. The van der Waals surface area contributed by atoms with Gasteiger partial charge in [-0.2, -0.15) is 0 Å². The fourth-order valence-electron chi connectivity index (χ4n) is 1.93. The summed E-state index contributed by atoms with van der Waals surface area (Å²) < 4.78 is 6.12. The van der Waals surface area contributed by atoms with Crippen LogP contribution in [-0.2, 0) is 0 Å². The summed E-state index contributed by atoms with van der Waals surface area (Å²) in [5, 5.41) is 11.9. The number of hydroxylamine groups is 1. The molecule has 0 atom stereocenters. The van der Waals surface area contributed by atoms with Crippen LogP contribution < -0.4 is 4.74 Å². The zero-order valence-corrected chi connectivity index (χ0v) is 14.1. The lowest BCUT2D eigenvalue weighted by Crippen LogP contribution is -2.29. The number of benzene rings is 2. The highest BCUT2D eigenvalue weighted by Crippen LogP contribution is 2.14. The summed E-state index contributed by atoms with van der Waals surface area (Å²) in [6, 6.07) is 15.8. The third-order valence-electron chi connectivity index (χ3n) is 3.45. The second-order valence-corrected chi connectivity index (χ2v) is 6.40. The van der Waals surface area contributed by atoms with Crippen molar-refractivity contribution in [1.29, 1.82) is 0 Å². The van der Waals surface area contributed by atoms with E-state index in [0.29, 0.717) is 0 Å². The second kappa shape index (κ2) is 7.14. The van der Waals surface area contributed by atoms with E-state index in [9.17, 15) is 5.21 Å². The van der Waals surface area contributed by atoms with Crippen molar-refractivity contribution < 1.29 is 9.48 Å². The molecule has 0 aliphatic heterocycles. The van der Waals surface area contributed by atoms with Gasteiger partial charge in [0, 0.05) is 26.3 Å². The summed E-state index contributed by atoms with van der Waals surface area (Å²) in [5.74, 6) is 0.850. The summed E-state index contributed by atoms with van der Waals surface area (Å²) in [5.41, 5.74) is 2.68. The van der Waals surface area contributed by atoms with Gasteiger partial charge in [0.2, 0.25) is 0 Å². The van der Waals surface area contributed by atoms with Crippen LogP contribution in [0.4, 0.5) is 0 Å². The molecule has 120 valence electrons. The minimum absolute atomic E-state index is 0.424. The minimum Gasteiger partial charge on any atom is -0.623 e. The van der Waals surface area contributed by atoms with Crippen molar-refractivity contribution in [2.24, 2.45) is 0 Å². The Bertz CT molecular complexity index is 690. The topological polar surface area (TPSA) is 35.3 Å². The molecule has 0 fully saturated rings. The first kappa shape index (κ1) is 16.8. The first-order chi connectivity index (χ1) is 10.9. The number of hydrogen-bond acceptors (Lipinski definition) is 2. The number of rotatable bonds is 4. The lowest BCUT2D eigenvalue weighted by atomic mass is 10.1. The maximum atomic E-state index is 11.9. The van der Waals surface area contributed by atoms with Crippen LogP contribution in [0, 0.1) is 5.21 Å². The summed E-state index contributed by atoms with van der Waals surface area (Å²) in [4.78, 5) is 0. The maximum Gasteiger partial charge on any atom is 0.182 e. The molecule has 0 saturated carbocycles. The zero-order valence-electron chi connectivity index (χ0n) is 14.1. The van der Waals surface area contributed by atoms with E-state index in [0.717, 1.165) is 27.2 Å². The predicted molar refractivity (Wildman–Crippen MR) is 96.9 cm³/mol. The summed E-state index contributed by atoms with van der Waals surface area (Å²) in [7, 11) is 1.66. The molecule has 23 heavy (non-hydrogen) atoms. The molecule has 2 rings (SSSR count). The van der Waals surface area contributed by atoms with Gasteiger partial charge in [0.05, 0.1) is 7.11 Å². The molecule has 2 aromatic rings. The predicted octanol–water partition coefficient (Wildman–Crippen LogP) is 4.59. The van der Waals surface area contributed by atoms with E-state index in [1.54, 1.807) is 13.3 Å². The Labute approximate surface area is 138 Å². The minimum atomic E-state index is -0.424. The maximum absolute atomic E-state index is 11.9. The van der Waals surface area contributed by atoms with Crippen LogP contribution in [0.1, 0.15) is 37.5 Å². The highest BCUT2D eigenvalue weighted by Gasteiger charge is 2.17. The van der Waals surface area contributed by atoms with E-state index in [-0.39, 0.29) is 0 Å². The zero-order chi connectivity index (χ0) is 16.9. The molecule has 0 unspecified atom stereocenters. The van der Waals surface area contributed by atoms with Crippen LogP contribution >= 0.6 is 0 Å². The van der Waals surface area contributed by atoms with Crippen LogP contribution in [0.5, 0.6) is 5.75 Å². The van der Waals surface area contributed by atoms with Crippen LogP contribution in [0.15, 0.2) is 48.5 Å². The van der Waals surface area contributed by atoms with Crippen molar-refractivity contribution in [3.05, 3.63) is 70.4 Å². The summed E-state index contributed by atoms with van der Waals surface area (Å²) in [6.07, 6.45) is 5.72. The quantitative estimate of drug-likeness (QED) is 0.272. The third kappa shape index (κ3) is 4.99. The molecule has 3 nitrogen and oxygen atoms in total. The van der Waals surface area contributed by atoms with Gasteiger partial charge in [0.25, 0.3) is 0 Å². The van der Waals surface area contributed by atoms with Gasteiger partial charge in [0.1, 0.15) is 5.75 Å². The molecule has 0 bridgehead atoms. The molecule has 0 spiro atoms. The van der Waals surface area contributed by atoms with Crippen molar-refractivity contribution in [2.45, 2.75) is 26.3 Å². The van der Waals surface area contributed by atoms with Crippen LogP contribution in [0.3, 0.4) is 0 Å². The van der Waals surface area contributed by atoms with Gasteiger partial charge >= 0.3 is 0 Å². The van der Waals surface area contributed by atoms with Crippen molar-refractivity contribution in [1.82, 2.24) is 0 Å². The molecule has 0 saturated heterocycles. The molecule has 2 aromatic carbocycles. The highest BCUT2D eigenvalue weighted by atomic mass is 16.5. The van der Waals surface area contributed by atoms with Gasteiger partial charge in [-0.25, -0.2) is 4.74 Å². The lowest BCUT2D eigenvalue weighted by molar-refractivity contribution is -0.530. The van der Waals surface area contributed by atoms with Crippen LogP contribution in [0.25, 0.3) is 12.2 Å². The Balaban J connectivity index is 2.09. The Hall–Kier alpha value is -2.55. The van der Waals surface area contributed by atoms with Gasteiger partial charge in [0.15, 0.2) is 11.8 Å². The van der Waals surface area contributed by atoms with E-state index in [1.807, 2.05) is 81.5 Å². The van der Waals surface area contributed by atoms with E-state index < -0.39 is 5.54 Å². The number of ether oxygens (including phenoxy) is 1. The second-order valence-electron chi connectivity index (χ2n) is 6.40. The largest absolute Gasteiger partial charge is 0.623 e. The first-order valence-electron chi connectivity index (χ1n) is 7.62. The van der Waals surface area contributed by atoms with Gasteiger partial charge in [-0.3, -0.25) is 0 Å². The summed E-state index contributed by atoms with van der Waals surface area (Å²) in [6.45, 7) is 5.67. The van der Waals surface area contributed by atoms with Crippen LogP contribution in [-0.4, -0.2) is 23.6 Å². The average molecular weight is 309 g/mol. The third-order valence-corrected chi connectivity index (χ3v) is 3.45. The highest BCUT2D eigenvalue weighted by molar-refractivity contribution is 5.77. The van der Waals surface area contributed by atoms with E-state index >= 15 is 0 Å². The average Bonchev–Trinajstić information content (AvgIpc) is 2.54. The van der Waals surface area contributed by atoms with Gasteiger partial charge in [-0.15, -0.1) is 0 Å². The lowest BCUT2D eigenvalue weighted by Gasteiger charge is -2.18.